The summed E-state index contributed by atoms with van der Waals surface area (Å²) in [5.41, 5.74) is 0. The van der Waals surface area contributed by atoms with Gasteiger partial charge >= 0.3 is 17.9 Å². The standard InChI is InChI=1S/C68H118O6/c1-4-7-10-13-16-19-22-25-28-30-32-33-34-35-37-38-40-43-46-49-52-55-58-61-67(70)73-64-65(63-72-66(69)60-57-54-51-48-45-42-27-24-21-18-15-12-9-6-3)74-68(71)62-59-56-53-50-47-44-41-39-36-31-29-26-23-20-17-14-11-8-5-2/h7,10,16,19,25,28,32-33,35,37,40,43,49,52,65H,4-6,8-9,11-15,17-18,20-24,26-27,29-31,34,36,38-39,41-42,44-48,50-51,53-64H2,1-3H3/b10-7-,19-16-,28-25-,33-32-,37-35-,43-40-,52-49-. The minimum absolute atomic E-state index is 0.0903. The van der Waals surface area contributed by atoms with Gasteiger partial charge in [0.15, 0.2) is 6.10 Å². The summed E-state index contributed by atoms with van der Waals surface area (Å²) in [6.45, 7) is 6.52. The van der Waals surface area contributed by atoms with Crippen LogP contribution in [-0.4, -0.2) is 37.2 Å². The minimum Gasteiger partial charge on any atom is -0.462 e. The maximum absolute atomic E-state index is 12.9. The average Bonchev–Trinajstić information content (AvgIpc) is 3.40. The zero-order valence-corrected chi connectivity index (χ0v) is 48.8. The first-order valence-electron chi connectivity index (χ1n) is 31.6. The highest BCUT2D eigenvalue weighted by Gasteiger charge is 2.19. The molecule has 0 radical (unpaired) electrons. The molecular weight excluding hydrogens is 913 g/mol. The lowest BCUT2D eigenvalue weighted by Gasteiger charge is -2.18. The smallest absolute Gasteiger partial charge is 0.306 e. The molecule has 6 heteroatoms. The normalized spacial score (nSPS) is 12.6. The maximum Gasteiger partial charge on any atom is 0.306 e. The van der Waals surface area contributed by atoms with Crippen LogP contribution in [0.4, 0.5) is 0 Å². The molecule has 6 nitrogen and oxygen atoms in total. The molecule has 0 aromatic rings. The van der Waals surface area contributed by atoms with Gasteiger partial charge < -0.3 is 14.2 Å². The van der Waals surface area contributed by atoms with Gasteiger partial charge in [0.2, 0.25) is 0 Å². The fourth-order valence-corrected chi connectivity index (χ4v) is 8.96. The Bertz CT molecular complexity index is 1420. The highest BCUT2D eigenvalue weighted by molar-refractivity contribution is 5.71. The number of carbonyl (C=O) groups excluding carboxylic acids is 3. The SMILES string of the molecule is CC/C=C\C/C=C\C/C=C\C/C=C\C/C=C\C/C=C\C/C=C\CCCC(=O)OCC(COC(=O)CCCCCCCCCCCCCCCC)OC(=O)CCCCCCCCCCCCCCCCCCCCC. The minimum atomic E-state index is -0.798. The number of carbonyl (C=O) groups is 3. The molecule has 0 saturated heterocycles. The molecule has 0 aliphatic carbocycles. The van der Waals surface area contributed by atoms with Crippen molar-refractivity contribution in [3.8, 4) is 0 Å². The molecular formula is C68H118O6. The van der Waals surface area contributed by atoms with E-state index in [-0.39, 0.29) is 37.5 Å². The van der Waals surface area contributed by atoms with E-state index in [0.29, 0.717) is 19.3 Å². The van der Waals surface area contributed by atoms with Crippen molar-refractivity contribution in [3.05, 3.63) is 85.1 Å². The van der Waals surface area contributed by atoms with Crippen LogP contribution in [0.15, 0.2) is 85.1 Å². The van der Waals surface area contributed by atoms with Gasteiger partial charge in [-0.2, -0.15) is 0 Å². The molecule has 0 rings (SSSR count). The Kier molecular flexibility index (Phi) is 59.3. The zero-order valence-electron chi connectivity index (χ0n) is 48.8. The Labute approximate surface area is 458 Å². The first-order chi connectivity index (χ1) is 36.5. The number of allylic oxidation sites excluding steroid dienone is 14. The first-order valence-corrected chi connectivity index (χ1v) is 31.6. The Hall–Kier alpha value is -3.41. The van der Waals surface area contributed by atoms with E-state index >= 15 is 0 Å². The quantitative estimate of drug-likeness (QED) is 0.0261. The lowest BCUT2D eigenvalue weighted by molar-refractivity contribution is -0.167. The summed E-state index contributed by atoms with van der Waals surface area (Å²) in [6, 6.07) is 0. The van der Waals surface area contributed by atoms with Crippen LogP contribution in [0.1, 0.15) is 310 Å². The number of hydrogen-bond acceptors (Lipinski definition) is 6. The van der Waals surface area contributed by atoms with Crippen molar-refractivity contribution in [2.75, 3.05) is 13.2 Å². The molecule has 0 spiro atoms. The van der Waals surface area contributed by atoms with Crippen molar-refractivity contribution in [2.45, 2.75) is 316 Å². The molecule has 0 heterocycles. The molecule has 0 amide bonds. The number of rotatable bonds is 57. The van der Waals surface area contributed by atoms with Crippen molar-refractivity contribution in [2.24, 2.45) is 0 Å². The molecule has 0 aliphatic heterocycles. The summed E-state index contributed by atoms with van der Waals surface area (Å²) in [5, 5.41) is 0. The molecule has 1 atom stereocenters. The third kappa shape index (κ3) is 59.5. The second kappa shape index (κ2) is 62.1. The summed E-state index contributed by atoms with van der Waals surface area (Å²) < 4.78 is 16.9. The molecule has 0 saturated carbocycles. The third-order valence-corrected chi connectivity index (χ3v) is 13.7. The fourth-order valence-electron chi connectivity index (χ4n) is 8.96. The van der Waals surface area contributed by atoms with Crippen molar-refractivity contribution < 1.29 is 28.6 Å². The highest BCUT2D eigenvalue weighted by atomic mass is 16.6. The van der Waals surface area contributed by atoms with Crippen LogP contribution in [0, 0.1) is 0 Å². The van der Waals surface area contributed by atoms with Crippen molar-refractivity contribution in [1.29, 1.82) is 0 Å². The molecule has 0 N–H and O–H groups in total. The summed E-state index contributed by atoms with van der Waals surface area (Å²) >= 11 is 0. The Balaban J connectivity index is 4.43. The predicted molar refractivity (Wildman–Crippen MR) is 321 cm³/mol. The van der Waals surface area contributed by atoms with Gasteiger partial charge in [-0.25, -0.2) is 0 Å². The number of unbranched alkanes of at least 4 members (excludes halogenated alkanes) is 32. The van der Waals surface area contributed by atoms with Crippen molar-refractivity contribution in [1.82, 2.24) is 0 Å². The van der Waals surface area contributed by atoms with Gasteiger partial charge in [-0.3, -0.25) is 14.4 Å². The average molecular weight is 1030 g/mol. The summed E-state index contributed by atoms with van der Waals surface area (Å²) in [4.78, 5) is 38.3. The molecule has 0 fully saturated rings. The lowest BCUT2D eigenvalue weighted by atomic mass is 10.0. The summed E-state index contributed by atoms with van der Waals surface area (Å²) in [5.74, 6) is -0.937. The molecule has 74 heavy (non-hydrogen) atoms. The molecule has 0 aromatic heterocycles. The van der Waals surface area contributed by atoms with Gasteiger partial charge in [-0.05, 0) is 70.6 Å². The van der Waals surface area contributed by atoms with Crippen LogP contribution in [0.3, 0.4) is 0 Å². The predicted octanol–water partition coefficient (Wildman–Crippen LogP) is 21.5. The van der Waals surface area contributed by atoms with Crippen molar-refractivity contribution >= 4 is 17.9 Å². The van der Waals surface area contributed by atoms with Crippen LogP contribution >= 0.6 is 0 Å². The first kappa shape index (κ1) is 70.6. The van der Waals surface area contributed by atoms with E-state index in [4.69, 9.17) is 14.2 Å². The molecule has 426 valence electrons. The summed E-state index contributed by atoms with van der Waals surface area (Å²) in [7, 11) is 0. The van der Waals surface area contributed by atoms with Gasteiger partial charge in [0.1, 0.15) is 13.2 Å². The second-order valence-corrected chi connectivity index (χ2v) is 21.0. The van der Waals surface area contributed by atoms with Gasteiger partial charge in [0.25, 0.3) is 0 Å². The highest BCUT2D eigenvalue weighted by Crippen LogP contribution is 2.17. The van der Waals surface area contributed by atoms with Crippen LogP contribution in [0.2, 0.25) is 0 Å². The van der Waals surface area contributed by atoms with E-state index in [1.54, 1.807) is 0 Å². The van der Waals surface area contributed by atoms with Gasteiger partial charge in [-0.15, -0.1) is 0 Å². The van der Waals surface area contributed by atoms with Gasteiger partial charge in [-0.1, -0.05) is 305 Å². The van der Waals surface area contributed by atoms with E-state index in [1.165, 1.54) is 173 Å². The van der Waals surface area contributed by atoms with Crippen molar-refractivity contribution in [3.63, 3.8) is 0 Å². The number of esters is 3. The molecule has 0 aliphatic rings. The van der Waals surface area contributed by atoms with Crippen LogP contribution in [0.25, 0.3) is 0 Å². The van der Waals surface area contributed by atoms with E-state index < -0.39 is 6.10 Å². The van der Waals surface area contributed by atoms with E-state index in [1.807, 2.05) is 0 Å². The van der Waals surface area contributed by atoms with Gasteiger partial charge in [0, 0.05) is 19.3 Å². The van der Waals surface area contributed by atoms with Gasteiger partial charge in [0.05, 0.1) is 0 Å². The Morgan fingerprint density at radius 2 is 0.527 bits per heavy atom. The maximum atomic E-state index is 12.9. The Morgan fingerprint density at radius 1 is 0.284 bits per heavy atom. The molecule has 0 aromatic carbocycles. The van der Waals surface area contributed by atoms with Crippen LogP contribution in [-0.2, 0) is 28.6 Å². The molecule has 0 bridgehead atoms. The van der Waals surface area contributed by atoms with Crippen LogP contribution in [0.5, 0.6) is 0 Å². The summed E-state index contributed by atoms with van der Waals surface area (Å²) in [6.07, 6.45) is 81.6. The number of hydrogen-bond donors (Lipinski definition) is 0. The van der Waals surface area contributed by atoms with E-state index in [0.717, 1.165) is 89.9 Å². The Morgan fingerprint density at radius 3 is 0.824 bits per heavy atom. The monoisotopic (exact) mass is 1030 g/mol. The van der Waals surface area contributed by atoms with E-state index in [9.17, 15) is 14.4 Å². The van der Waals surface area contributed by atoms with Crippen LogP contribution < -0.4 is 0 Å². The topological polar surface area (TPSA) is 78.9 Å². The lowest BCUT2D eigenvalue weighted by Crippen LogP contribution is -2.30. The molecule has 1 unspecified atom stereocenters. The largest absolute Gasteiger partial charge is 0.462 e. The number of ether oxygens (including phenoxy) is 3. The third-order valence-electron chi connectivity index (χ3n) is 13.7. The fraction of sp³-hybridized carbons (Fsp3) is 0.750. The van der Waals surface area contributed by atoms with E-state index in [2.05, 4.69) is 106 Å². The second-order valence-electron chi connectivity index (χ2n) is 21.0. The zero-order chi connectivity index (χ0) is 53.6.